The summed E-state index contributed by atoms with van der Waals surface area (Å²) in [6.07, 6.45) is -0.261. The van der Waals surface area contributed by atoms with Crippen molar-refractivity contribution in [2.75, 3.05) is 6.54 Å². The predicted molar refractivity (Wildman–Crippen MR) is 54.0 cm³/mol. The van der Waals surface area contributed by atoms with Gasteiger partial charge in [-0.25, -0.2) is 0 Å². The third-order valence-corrected chi connectivity index (χ3v) is 2.65. The first-order valence-electron chi connectivity index (χ1n) is 5.01. The van der Waals surface area contributed by atoms with Crippen LogP contribution in [0.25, 0.3) is 0 Å². The normalized spacial score (nSPS) is 21.4. The van der Waals surface area contributed by atoms with Crippen LogP contribution in [0.5, 0.6) is 0 Å². The van der Waals surface area contributed by atoms with Gasteiger partial charge >= 0.3 is 0 Å². The van der Waals surface area contributed by atoms with Gasteiger partial charge in [-0.2, -0.15) is 5.10 Å². The number of hydrogen-bond acceptors (Lipinski definition) is 3. The molecule has 1 atom stereocenters. The third kappa shape index (κ3) is 2.02. The molecule has 0 aromatic carbocycles. The fourth-order valence-electron chi connectivity index (χ4n) is 1.91. The van der Waals surface area contributed by atoms with Crippen molar-refractivity contribution in [2.24, 2.45) is 7.05 Å². The van der Waals surface area contributed by atoms with Crippen LogP contribution in [0.1, 0.15) is 17.8 Å². The van der Waals surface area contributed by atoms with Crippen molar-refractivity contribution >= 4 is 5.91 Å². The highest BCUT2D eigenvalue weighted by atomic mass is 16.3. The predicted octanol–water partition coefficient (Wildman–Crippen LogP) is -0.178. The van der Waals surface area contributed by atoms with Crippen molar-refractivity contribution in [1.29, 1.82) is 0 Å². The average Bonchev–Trinajstić information content (AvgIpc) is 2.58. The molecular formula is C10H15N3O2. The number of carbonyl (C=O) groups is 1. The van der Waals surface area contributed by atoms with E-state index in [-0.39, 0.29) is 12.3 Å². The summed E-state index contributed by atoms with van der Waals surface area (Å²) in [7, 11) is 1.86. The summed E-state index contributed by atoms with van der Waals surface area (Å²) >= 11 is 0. The van der Waals surface area contributed by atoms with Gasteiger partial charge in [0, 0.05) is 13.6 Å². The SMILES string of the molecule is Cc1cc(CN2CC(O)CC2=O)n(C)n1. The number of aliphatic hydroxyl groups is 1. The van der Waals surface area contributed by atoms with Crippen LogP contribution in [-0.2, 0) is 18.4 Å². The third-order valence-electron chi connectivity index (χ3n) is 2.65. The van der Waals surface area contributed by atoms with Gasteiger partial charge in [0.1, 0.15) is 0 Å². The maximum absolute atomic E-state index is 11.4. The van der Waals surface area contributed by atoms with Crippen LogP contribution in [0.2, 0.25) is 0 Å². The van der Waals surface area contributed by atoms with E-state index in [0.29, 0.717) is 13.1 Å². The Morgan fingerprint density at radius 2 is 2.40 bits per heavy atom. The number of rotatable bonds is 2. The number of likely N-dealkylation sites (tertiary alicyclic amines) is 1. The Hall–Kier alpha value is -1.36. The Bertz CT molecular complexity index is 386. The van der Waals surface area contributed by atoms with Gasteiger partial charge in [0.2, 0.25) is 5.91 Å². The molecule has 1 aromatic rings. The molecule has 0 bridgehead atoms. The van der Waals surface area contributed by atoms with Crippen LogP contribution < -0.4 is 0 Å². The molecule has 1 N–H and O–H groups in total. The van der Waals surface area contributed by atoms with E-state index in [2.05, 4.69) is 5.10 Å². The highest BCUT2D eigenvalue weighted by Crippen LogP contribution is 2.14. The van der Waals surface area contributed by atoms with Gasteiger partial charge in [-0.15, -0.1) is 0 Å². The lowest BCUT2D eigenvalue weighted by Crippen LogP contribution is -2.26. The molecule has 2 rings (SSSR count). The highest BCUT2D eigenvalue weighted by molar-refractivity contribution is 5.78. The number of aliphatic hydroxyl groups excluding tert-OH is 1. The molecule has 1 amide bonds. The molecule has 0 saturated carbocycles. The molecule has 1 unspecified atom stereocenters. The number of aromatic nitrogens is 2. The number of carbonyl (C=O) groups excluding carboxylic acids is 1. The van der Waals surface area contributed by atoms with Crippen molar-refractivity contribution in [1.82, 2.24) is 14.7 Å². The fourth-order valence-corrected chi connectivity index (χ4v) is 1.91. The van der Waals surface area contributed by atoms with E-state index < -0.39 is 6.10 Å². The molecule has 0 radical (unpaired) electrons. The first-order chi connectivity index (χ1) is 7.06. The standard InChI is InChI=1S/C10H15N3O2/c1-7-3-8(12(2)11-7)5-13-6-9(14)4-10(13)15/h3,9,14H,4-6H2,1-2H3. The second-order valence-electron chi connectivity index (χ2n) is 4.03. The van der Waals surface area contributed by atoms with E-state index in [1.807, 2.05) is 20.0 Å². The Kier molecular flexibility index (Phi) is 2.48. The molecule has 2 heterocycles. The molecule has 5 nitrogen and oxygen atoms in total. The number of amides is 1. The molecule has 1 aliphatic rings. The number of β-amino-alcohol motifs (C(OH)–C–C–N with tert-alkyl or cyclic N) is 1. The zero-order valence-electron chi connectivity index (χ0n) is 8.97. The number of nitrogens with zero attached hydrogens (tertiary/aromatic N) is 3. The first kappa shape index (κ1) is 10.2. The van der Waals surface area contributed by atoms with Crippen LogP contribution >= 0.6 is 0 Å². The van der Waals surface area contributed by atoms with Crippen LogP contribution in [0, 0.1) is 6.92 Å². The van der Waals surface area contributed by atoms with Crippen molar-refractivity contribution in [3.05, 3.63) is 17.5 Å². The Morgan fingerprint density at radius 1 is 1.67 bits per heavy atom. The van der Waals surface area contributed by atoms with Gasteiger partial charge in [-0.05, 0) is 13.0 Å². The molecule has 82 valence electrons. The van der Waals surface area contributed by atoms with E-state index >= 15 is 0 Å². The maximum Gasteiger partial charge on any atom is 0.225 e. The fraction of sp³-hybridized carbons (Fsp3) is 0.600. The van der Waals surface area contributed by atoms with Gasteiger partial charge in [0.05, 0.1) is 30.5 Å². The van der Waals surface area contributed by atoms with E-state index in [9.17, 15) is 9.90 Å². The topological polar surface area (TPSA) is 58.4 Å². The molecule has 1 saturated heterocycles. The number of aryl methyl sites for hydroxylation is 2. The van der Waals surface area contributed by atoms with E-state index in [1.165, 1.54) is 0 Å². The highest BCUT2D eigenvalue weighted by Gasteiger charge is 2.28. The minimum absolute atomic E-state index is 0.0151. The summed E-state index contributed by atoms with van der Waals surface area (Å²) in [4.78, 5) is 13.1. The average molecular weight is 209 g/mol. The van der Waals surface area contributed by atoms with E-state index in [4.69, 9.17) is 0 Å². The lowest BCUT2D eigenvalue weighted by molar-refractivity contribution is -0.128. The monoisotopic (exact) mass is 209 g/mol. The van der Waals surface area contributed by atoms with E-state index in [1.54, 1.807) is 9.58 Å². The summed E-state index contributed by atoms with van der Waals surface area (Å²) < 4.78 is 1.77. The van der Waals surface area contributed by atoms with Gasteiger partial charge in [0.25, 0.3) is 0 Å². The minimum Gasteiger partial charge on any atom is -0.391 e. The van der Waals surface area contributed by atoms with Gasteiger partial charge in [0.15, 0.2) is 0 Å². The summed E-state index contributed by atoms with van der Waals surface area (Å²) in [6.45, 7) is 2.89. The van der Waals surface area contributed by atoms with Crippen molar-refractivity contribution in [3.63, 3.8) is 0 Å². The van der Waals surface area contributed by atoms with Crippen molar-refractivity contribution in [3.8, 4) is 0 Å². The molecule has 0 aliphatic carbocycles. The molecule has 15 heavy (non-hydrogen) atoms. The van der Waals surface area contributed by atoms with Crippen molar-refractivity contribution in [2.45, 2.75) is 26.0 Å². The molecule has 0 spiro atoms. The quantitative estimate of drug-likeness (QED) is 0.735. The zero-order valence-corrected chi connectivity index (χ0v) is 8.97. The summed E-state index contributed by atoms with van der Waals surface area (Å²) in [6, 6.07) is 1.96. The molecule has 1 fully saturated rings. The Balaban J connectivity index is 2.09. The summed E-state index contributed by atoms with van der Waals surface area (Å²) in [5, 5.41) is 13.6. The smallest absolute Gasteiger partial charge is 0.225 e. The van der Waals surface area contributed by atoms with Gasteiger partial charge < -0.3 is 10.0 Å². The Morgan fingerprint density at radius 3 is 2.87 bits per heavy atom. The van der Waals surface area contributed by atoms with Crippen LogP contribution in [-0.4, -0.2) is 38.3 Å². The largest absolute Gasteiger partial charge is 0.391 e. The van der Waals surface area contributed by atoms with Crippen LogP contribution in [0.4, 0.5) is 0 Å². The van der Waals surface area contributed by atoms with Crippen molar-refractivity contribution < 1.29 is 9.90 Å². The molecule has 1 aliphatic heterocycles. The Labute approximate surface area is 88.3 Å². The first-order valence-corrected chi connectivity index (χ1v) is 5.01. The van der Waals surface area contributed by atoms with Crippen LogP contribution in [0.3, 0.4) is 0 Å². The lowest BCUT2D eigenvalue weighted by Gasteiger charge is -2.15. The molecule has 1 aromatic heterocycles. The minimum atomic E-state index is -0.508. The number of hydrogen-bond donors (Lipinski definition) is 1. The molecular weight excluding hydrogens is 194 g/mol. The molecule has 5 heteroatoms. The van der Waals surface area contributed by atoms with Gasteiger partial charge in [-0.1, -0.05) is 0 Å². The zero-order chi connectivity index (χ0) is 11.0. The summed E-state index contributed by atoms with van der Waals surface area (Å²) in [5.74, 6) is 0.0151. The lowest BCUT2D eigenvalue weighted by atomic mass is 10.3. The van der Waals surface area contributed by atoms with Crippen LogP contribution in [0.15, 0.2) is 6.07 Å². The summed E-state index contributed by atoms with van der Waals surface area (Å²) in [5.41, 5.74) is 1.94. The second kappa shape index (κ2) is 3.66. The van der Waals surface area contributed by atoms with Gasteiger partial charge in [-0.3, -0.25) is 9.48 Å². The van der Waals surface area contributed by atoms with E-state index in [0.717, 1.165) is 11.4 Å². The maximum atomic E-state index is 11.4. The second-order valence-corrected chi connectivity index (χ2v) is 4.03.